The molecule has 0 fully saturated rings. The zero-order valence-corrected chi connectivity index (χ0v) is 12.0. The minimum absolute atomic E-state index is 0.0382. The van der Waals surface area contributed by atoms with E-state index in [0.717, 1.165) is 15.0 Å². The Balaban J connectivity index is 2.24. The summed E-state index contributed by atoms with van der Waals surface area (Å²) in [6.07, 6.45) is 0. The van der Waals surface area contributed by atoms with Crippen LogP contribution in [0.3, 0.4) is 0 Å². The number of hydrogen-bond donors (Lipinski definition) is 3. The molecule has 3 nitrogen and oxygen atoms in total. The van der Waals surface area contributed by atoms with Crippen LogP contribution in [0.15, 0.2) is 36.4 Å². The topological polar surface area (TPSA) is 60.7 Å². The predicted molar refractivity (Wildman–Crippen MR) is 83.4 cm³/mol. The van der Waals surface area contributed by atoms with Crippen LogP contribution >= 0.6 is 11.3 Å². The molecule has 21 heavy (non-hydrogen) atoms. The van der Waals surface area contributed by atoms with Gasteiger partial charge in [-0.3, -0.25) is 0 Å². The largest absolute Gasteiger partial charge is 0.507 e. The molecule has 0 spiro atoms. The third kappa shape index (κ3) is 2.42. The van der Waals surface area contributed by atoms with Gasteiger partial charge >= 0.3 is 7.12 Å². The smallest absolute Gasteiger partial charge is 0.491 e. The number of thiophene rings is 1. The zero-order chi connectivity index (χ0) is 15.1. The van der Waals surface area contributed by atoms with Crippen LogP contribution in [0.1, 0.15) is 4.88 Å². The number of fused-ring (bicyclic) bond motifs is 1. The summed E-state index contributed by atoms with van der Waals surface area (Å²) in [5, 5.41) is 29.4. The first-order valence-corrected chi connectivity index (χ1v) is 7.17. The molecule has 3 rings (SSSR count). The van der Waals surface area contributed by atoms with Crippen LogP contribution in [0.25, 0.3) is 21.2 Å². The van der Waals surface area contributed by atoms with Crippen molar-refractivity contribution in [1.82, 2.24) is 0 Å². The Morgan fingerprint density at radius 1 is 1.10 bits per heavy atom. The van der Waals surface area contributed by atoms with Gasteiger partial charge in [-0.05, 0) is 30.5 Å². The average Bonchev–Trinajstić information content (AvgIpc) is 2.77. The van der Waals surface area contributed by atoms with Gasteiger partial charge in [0.15, 0.2) is 0 Å². The van der Waals surface area contributed by atoms with E-state index in [2.05, 4.69) is 0 Å². The van der Waals surface area contributed by atoms with Gasteiger partial charge in [0.05, 0.1) is 0 Å². The van der Waals surface area contributed by atoms with E-state index in [0.29, 0.717) is 5.56 Å². The fraction of sp³-hybridized carbons (Fsp3) is 0.0667. The highest BCUT2D eigenvalue weighted by Gasteiger charge is 2.21. The molecule has 0 radical (unpaired) electrons. The number of aromatic hydroxyl groups is 1. The SMILES string of the molecule is Cc1cc2cc(O)c(-c3cccc(B(O)O)c3F)cc2s1. The molecule has 0 aliphatic carbocycles. The Morgan fingerprint density at radius 3 is 2.57 bits per heavy atom. The first kappa shape index (κ1) is 14.1. The molecule has 3 N–H and O–H groups in total. The summed E-state index contributed by atoms with van der Waals surface area (Å²) in [5.41, 5.74) is 0.268. The minimum Gasteiger partial charge on any atom is -0.507 e. The fourth-order valence-corrected chi connectivity index (χ4v) is 3.33. The van der Waals surface area contributed by atoms with Crippen molar-refractivity contribution in [3.05, 3.63) is 47.1 Å². The summed E-state index contributed by atoms with van der Waals surface area (Å²) in [4.78, 5) is 1.10. The number of phenols is 1. The molecule has 3 aromatic rings. The van der Waals surface area contributed by atoms with Gasteiger partial charge in [-0.2, -0.15) is 0 Å². The number of benzene rings is 2. The van der Waals surface area contributed by atoms with E-state index in [1.807, 2.05) is 13.0 Å². The maximum atomic E-state index is 14.4. The van der Waals surface area contributed by atoms with Crippen molar-refractivity contribution in [3.8, 4) is 16.9 Å². The van der Waals surface area contributed by atoms with E-state index in [4.69, 9.17) is 0 Å². The van der Waals surface area contributed by atoms with E-state index in [1.165, 1.54) is 18.2 Å². The van der Waals surface area contributed by atoms with Crippen LogP contribution in [0.4, 0.5) is 4.39 Å². The van der Waals surface area contributed by atoms with E-state index in [9.17, 15) is 19.5 Å². The monoisotopic (exact) mass is 302 g/mol. The molecular weight excluding hydrogens is 290 g/mol. The zero-order valence-electron chi connectivity index (χ0n) is 11.2. The van der Waals surface area contributed by atoms with Crippen molar-refractivity contribution in [2.75, 3.05) is 0 Å². The lowest BCUT2D eigenvalue weighted by molar-refractivity contribution is 0.423. The van der Waals surface area contributed by atoms with Gasteiger partial charge in [-0.1, -0.05) is 18.2 Å². The van der Waals surface area contributed by atoms with Crippen LogP contribution < -0.4 is 5.46 Å². The van der Waals surface area contributed by atoms with Crippen molar-refractivity contribution >= 4 is 34.0 Å². The lowest BCUT2D eigenvalue weighted by Gasteiger charge is -2.10. The second kappa shape index (κ2) is 5.14. The van der Waals surface area contributed by atoms with Crippen LogP contribution in [-0.4, -0.2) is 22.3 Å². The Bertz CT molecular complexity index is 829. The first-order chi connectivity index (χ1) is 9.97. The number of hydrogen-bond acceptors (Lipinski definition) is 4. The number of rotatable bonds is 2. The molecule has 1 aromatic heterocycles. The van der Waals surface area contributed by atoms with Gasteiger partial charge in [0.1, 0.15) is 11.6 Å². The second-order valence-corrected chi connectivity index (χ2v) is 6.13. The van der Waals surface area contributed by atoms with Gasteiger partial charge in [0.2, 0.25) is 0 Å². The minimum atomic E-state index is -1.89. The Hall–Kier alpha value is -1.89. The lowest BCUT2D eigenvalue weighted by atomic mass is 9.78. The summed E-state index contributed by atoms with van der Waals surface area (Å²) in [5.74, 6) is -0.779. The van der Waals surface area contributed by atoms with Gasteiger partial charge in [-0.15, -0.1) is 11.3 Å². The molecule has 0 unspecified atom stereocenters. The normalized spacial score (nSPS) is 11.0. The maximum absolute atomic E-state index is 14.4. The maximum Gasteiger partial charge on any atom is 0.491 e. The number of halogens is 1. The molecule has 2 aromatic carbocycles. The Kier molecular flexibility index (Phi) is 3.45. The average molecular weight is 302 g/mol. The molecule has 1 heterocycles. The first-order valence-electron chi connectivity index (χ1n) is 6.35. The van der Waals surface area contributed by atoms with Gasteiger partial charge in [-0.25, -0.2) is 4.39 Å². The summed E-state index contributed by atoms with van der Waals surface area (Å²) in [7, 11) is -1.89. The molecule has 0 atom stereocenters. The number of aryl methyl sites for hydroxylation is 1. The van der Waals surface area contributed by atoms with E-state index in [-0.39, 0.29) is 16.8 Å². The van der Waals surface area contributed by atoms with E-state index >= 15 is 0 Å². The van der Waals surface area contributed by atoms with Crippen molar-refractivity contribution in [3.63, 3.8) is 0 Å². The summed E-state index contributed by atoms with van der Waals surface area (Å²) < 4.78 is 15.3. The fourth-order valence-electron chi connectivity index (χ4n) is 2.38. The summed E-state index contributed by atoms with van der Waals surface area (Å²) >= 11 is 1.55. The standard InChI is InChI=1S/C15H12BFO3S/c1-8-5-9-6-13(18)11(7-14(9)21-8)10-3-2-4-12(15(10)17)16(19)20/h2-7,18-20H,1H3. The molecule has 0 bridgehead atoms. The molecular formula is C15H12BFO3S. The van der Waals surface area contributed by atoms with Crippen molar-refractivity contribution in [2.45, 2.75) is 6.92 Å². The third-order valence-corrected chi connectivity index (χ3v) is 4.37. The van der Waals surface area contributed by atoms with Crippen LogP contribution in [-0.2, 0) is 0 Å². The van der Waals surface area contributed by atoms with Crippen LogP contribution in [0, 0.1) is 12.7 Å². The summed E-state index contributed by atoms with van der Waals surface area (Å²) in [6.45, 7) is 1.96. The van der Waals surface area contributed by atoms with Crippen molar-refractivity contribution in [1.29, 1.82) is 0 Å². The molecule has 0 saturated carbocycles. The lowest BCUT2D eigenvalue weighted by Crippen LogP contribution is -2.32. The second-order valence-electron chi connectivity index (χ2n) is 4.85. The Labute approximate surface area is 125 Å². The van der Waals surface area contributed by atoms with E-state index < -0.39 is 12.9 Å². The van der Waals surface area contributed by atoms with Gasteiger partial charge in [0, 0.05) is 26.2 Å². The molecule has 106 valence electrons. The highest BCUT2D eigenvalue weighted by atomic mass is 32.1. The van der Waals surface area contributed by atoms with Gasteiger partial charge in [0.25, 0.3) is 0 Å². The summed E-state index contributed by atoms with van der Waals surface area (Å²) in [6, 6.07) is 9.59. The molecule has 6 heteroatoms. The van der Waals surface area contributed by atoms with Crippen LogP contribution in [0.2, 0.25) is 0 Å². The molecule has 0 saturated heterocycles. The molecule has 0 aliphatic heterocycles. The Morgan fingerprint density at radius 2 is 1.86 bits per heavy atom. The highest BCUT2D eigenvalue weighted by molar-refractivity contribution is 7.19. The third-order valence-electron chi connectivity index (χ3n) is 3.35. The van der Waals surface area contributed by atoms with Crippen molar-refractivity contribution in [2.24, 2.45) is 0 Å². The van der Waals surface area contributed by atoms with Gasteiger partial charge < -0.3 is 15.2 Å². The molecule has 0 aliphatic rings. The molecule has 0 amide bonds. The van der Waals surface area contributed by atoms with Crippen molar-refractivity contribution < 1.29 is 19.5 Å². The quantitative estimate of drug-likeness (QED) is 0.637. The van der Waals surface area contributed by atoms with Crippen LogP contribution in [0.5, 0.6) is 5.75 Å². The number of phenolic OH excluding ortho intramolecular Hbond substituents is 1. The highest BCUT2D eigenvalue weighted by Crippen LogP contribution is 2.37. The van der Waals surface area contributed by atoms with E-state index in [1.54, 1.807) is 23.5 Å². The predicted octanol–water partition coefficient (Wildman–Crippen LogP) is 2.40.